The van der Waals surface area contributed by atoms with Gasteiger partial charge in [0.2, 0.25) is 0 Å². The minimum Gasteiger partial charge on any atom is -0.306 e. The van der Waals surface area contributed by atoms with E-state index in [4.69, 9.17) is 0 Å². The molecule has 0 atom stereocenters. The summed E-state index contributed by atoms with van der Waals surface area (Å²) in [5, 5.41) is 0. The van der Waals surface area contributed by atoms with Crippen LogP contribution in [0.4, 0.5) is 16.8 Å². The van der Waals surface area contributed by atoms with E-state index in [1.165, 1.54) is 0 Å². The first-order chi connectivity index (χ1) is 5.63. The molecule has 8 heteroatoms. The molecule has 0 unspecified atom stereocenters. The maximum atomic E-state index is 11.4. The summed E-state index contributed by atoms with van der Waals surface area (Å²) < 4.78 is 53.4. The maximum Gasteiger partial charge on any atom is 0.415 e. The molecule has 0 heterocycles. The standard InChI is InChI=1S/C4H8F4O2P2/c5-11(6)9-3-1-2-4-10-12(7)8/h1-4H2. The van der Waals surface area contributed by atoms with Gasteiger partial charge in [0.25, 0.3) is 0 Å². The second-order valence-electron chi connectivity index (χ2n) is 1.78. The lowest BCUT2D eigenvalue weighted by Crippen LogP contribution is -1.91. The Kier molecular flexibility index (Phi) is 8.45. The quantitative estimate of drug-likeness (QED) is 0.369. The van der Waals surface area contributed by atoms with E-state index >= 15 is 0 Å². The zero-order valence-electron chi connectivity index (χ0n) is 6.05. The third kappa shape index (κ3) is 10.5. The second kappa shape index (κ2) is 8.11. The molecule has 0 saturated heterocycles. The molecule has 2 nitrogen and oxygen atoms in total. The Morgan fingerprint density at radius 2 is 1.08 bits per heavy atom. The molecule has 0 spiro atoms. The number of rotatable bonds is 7. The summed E-state index contributed by atoms with van der Waals surface area (Å²) in [5.74, 6) is 0. The minimum atomic E-state index is -3.32. The first kappa shape index (κ1) is 12.5. The Morgan fingerprint density at radius 3 is 1.33 bits per heavy atom. The number of hydrogen-bond acceptors (Lipinski definition) is 2. The van der Waals surface area contributed by atoms with Gasteiger partial charge in [-0.25, -0.2) is 0 Å². The SMILES string of the molecule is FP(F)OCCCCOP(F)F. The van der Waals surface area contributed by atoms with Crippen LogP contribution in [0.5, 0.6) is 0 Å². The van der Waals surface area contributed by atoms with Crippen molar-refractivity contribution in [2.75, 3.05) is 13.2 Å². The van der Waals surface area contributed by atoms with Gasteiger partial charge in [0.1, 0.15) is 0 Å². The van der Waals surface area contributed by atoms with E-state index in [1.807, 2.05) is 0 Å². The fraction of sp³-hybridized carbons (Fsp3) is 1.00. The molecular weight excluding hydrogens is 218 g/mol. The zero-order valence-corrected chi connectivity index (χ0v) is 7.84. The molecule has 0 aliphatic heterocycles. The third-order valence-corrected chi connectivity index (χ3v) is 1.67. The molecule has 0 aromatic rings. The van der Waals surface area contributed by atoms with Crippen LogP contribution in [0.15, 0.2) is 0 Å². The Labute approximate surface area is 70.4 Å². The summed E-state index contributed by atoms with van der Waals surface area (Å²) in [6.45, 7) is -0.197. The van der Waals surface area contributed by atoms with Crippen molar-refractivity contribution < 1.29 is 25.8 Å². The van der Waals surface area contributed by atoms with Crippen LogP contribution < -0.4 is 0 Å². The normalized spacial score (nSPS) is 11.5. The molecule has 0 aliphatic rings. The molecule has 0 saturated carbocycles. The van der Waals surface area contributed by atoms with Crippen molar-refractivity contribution in [1.82, 2.24) is 0 Å². The van der Waals surface area contributed by atoms with E-state index in [0.717, 1.165) is 0 Å². The van der Waals surface area contributed by atoms with Gasteiger partial charge in [-0.2, -0.15) is 16.8 Å². The molecule has 74 valence electrons. The Hall–Kier alpha value is 0.500. The molecule has 0 radical (unpaired) electrons. The van der Waals surface area contributed by atoms with Gasteiger partial charge in [-0.1, -0.05) is 0 Å². The second-order valence-corrected chi connectivity index (χ2v) is 3.10. The van der Waals surface area contributed by atoms with Crippen LogP contribution in [0.2, 0.25) is 0 Å². The van der Waals surface area contributed by atoms with Crippen LogP contribution in [0.1, 0.15) is 12.8 Å². The maximum absolute atomic E-state index is 11.4. The van der Waals surface area contributed by atoms with Crippen molar-refractivity contribution in [3.05, 3.63) is 0 Å². The van der Waals surface area contributed by atoms with E-state index < -0.39 is 17.5 Å². The highest BCUT2D eigenvalue weighted by Gasteiger charge is 2.05. The van der Waals surface area contributed by atoms with Crippen LogP contribution in [-0.2, 0) is 9.05 Å². The lowest BCUT2D eigenvalue weighted by Gasteiger charge is -2.01. The lowest BCUT2D eigenvalue weighted by molar-refractivity contribution is 0.261. The van der Waals surface area contributed by atoms with Gasteiger partial charge < -0.3 is 9.05 Å². The Morgan fingerprint density at radius 1 is 0.750 bits per heavy atom. The van der Waals surface area contributed by atoms with Crippen LogP contribution in [-0.4, -0.2) is 13.2 Å². The number of hydrogen-bond donors (Lipinski definition) is 0. The summed E-state index contributed by atoms with van der Waals surface area (Å²) in [7, 11) is -6.64. The highest BCUT2D eigenvalue weighted by molar-refractivity contribution is 7.40. The van der Waals surface area contributed by atoms with E-state index in [2.05, 4.69) is 9.05 Å². The van der Waals surface area contributed by atoms with Crippen molar-refractivity contribution in [3.63, 3.8) is 0 Å². The summed E-state index contributed by atoms with van der Waals surface area (Å²) >= 11 is 0. The molecule has 0 aromatic carbocycles. The van der Waals surface area contributed by atoms with Crippen LogP contribution in [0, 0.1) is 0 Å². The molecular formula is C4H8F4O2P2. The average Bonchev–Trinajstić information content (AvgIpc) is 1.95. The molecule has 12 heavy (non-hydrogen) atoms. The van der Waals surface area contributed by atoms with E-state index in [9.17, 15) is 16.8 Å². The van der Waals surface area contributed by atoms with Crippen molar-refractivity contribution in [1.29, 1.82) is 0 Å². The van der Waals surface area contributed by atoms with Gasteiger partial charge >= 0.3 is 17.5 Å². The monoisotopic (exact) mass is 226 g/mol. The van der Waals surface area contributed by atoms with E-state index in [0.29, 0.717) is 12.8 Å². The number of unbranched alkanes of at least 4 members (excludes halogenated alkanes) is 1. The zero-order chi connectivity index (χ0) is 9.40. The first-order valence-corrected chi connectivity index (χ1v) is 5.20. The Bertz CT molecular complexity index is 93.1. The topological polar surface area (TPSA) is 18.5 Å². The van der Waals surface area contributed by atoms with Gasteiger partial charge in [0, 0.05) is 0 Å². The predicted octanol–water partition coefficient (Wildman–Crippen LogP) is 4.13. The fourth-order valence-electron chi connectivity index (χ4n) is 0.471. The van der Waals surface area contributed by atoms with Gasteiger partial charge in [-0.05, 0) is 12.8 Å². The molecule has 0 N–H and O–H groups in total. The van der Waals surface area contributed by atoms with Gasteiger partial charge in [0.05, 0.1) is 13.2 Å². The van der Waals surface area contributed by atoms with Crippen molar-refractivity contribution in [3.8, 4) is 0 Å². The van der Waals surface area contributed by atoms with Crippen molar-refractivity contribution >= 4 is 17.5 Å². The summed E-state index contributed by atoms with van der Waals surface area (Å²) in [4.78, 5) is 0. The summed E-state index contributed by atoms with van der Waals surface area (Å²) in [6, 6.07) is 0. The van der Waals surface area contributed by atoms with Crippen LogP contribution in [0.25, 0.3) is 0 Å². The highest BCUT2D eigenvalue weighted by Crippen LogP contribution is 2.40. The molecule has 0 aromatic heterocycles. The predicted molar refractivity (Wildman–Crippen MR) is 39.4 cm³/mol. The smallest absolute Gasteiger partial charge is 0.306 e. The van der Waals surface area contributed by atoms with Crippen molar-refractivity contribution in [2.24, 2.45) is 0 Å². The van der Waals surface area contributed by atoms with Gasteiger partial charge in [0.15, 0.2) is 0 Å². The van der Waals surface area contributed by atoms with Gasteiger partial charge in [-0.3, -0.25) is 0 Å². The molecule has 0 fully saturated rings. The Balaban J connectivity index is 2.91. The fourth-order valence-corrected chi connectivity index (χ4v) is 1.01. The first-order valence-electron chi connectivity index (χ1n) is 3.12. The molecule has 0 aliphatic carbocycles. The number of halogens is 4. The average molecular weight is 226 g/mol. The largest absolute Gasteiger partial charge is 0.415 e. The summed E-state index contributed by atoms with van der Waals surface area (Å²) in [6.07, 6.45) is 0.631. The van der Waals surface area contributed by atoms with Crippen molar-refractivity contribution in [2.45, 2.75) is 12.8 Å². The van der Waals surface area contributed by atoms with E-state index in [1.54, 1.807) is 0 Å². The highest BCUT2D eigenvalue weighted by atomic mass is 31.2. The molecule has 0 rings (SSSR count). The molecule has 0 amide bonds. The summed E-state index contributed by atoms with van der Waals surface area (Å²) in [5.41, 5.74) is 0. The molecule has 0 bridgehead atoms. The third-order valence-electron chi connectivity index (χ3n) is 0.916. The van der Waals surface area contributed by atoms with Gasteiger partial charge in [-0.15, -0.1) is 0 Å². The van der Waals surface area contributed by atoms with Crippen LogP contribution >= 0.6 is 17.5 Å². The van der Waals surface area contributed by atoms with E-state index in [-0.39, 0.29) is 13.2 Å². The minimum absolute atomic E-state index is 0.0986. The van der Waals surface area contributed by atoms with Crippen LogP contribution in [0.3, 0.4) is 0 Å². The lowest BCUT2D eigenvalue weighted by atomic mass is 10.3.